The van der Waals surface area contributed by atoms with Crippen molar-refractivity contribution < 1.29 is 32.6 Å². The molecular weight excluding hydrogens is 461 g/mol. The minimum atomic E-state index is -4.52. The van der Waals surface area contributed by atoms with Crippen molar-refractivity contribution in [3.63, 3.8) is 0 Å². The monoisotopic (exact) mass is 490 g/mol. The number of ether oxygens (including phenoxy) is 1. The van der Waals surface area contributed by atoms with Crippen LogP contribution in [0.2, 0.25) is 0 Å². The highest BCUT2D eigenvalue weighted by Crippen LogP contribution is 2.38. The van der Waals surface area contributed by atoms with Crippen molar-refractivity contribution in [1.82, 2.24) is 5.32 Å². The van der Waals surface area contributed by atoms with Gasteiger partial charge in [-0.2, -0.15) is 13.2 Å². The number of carboxylic acids is 1. The highest BCUT2D eigenvalue weighted by molar-refractivity contribution is 5.98. The number of nitrogens with zero attached hydrogens (tertiary/aromatic N) is 1. The van der Waals surface area contributed by atoms with Crippen LogP contribution >= 0.6 is 0 Å². The maximum atomic E-state index is 13.6. The Kier molecular flexibility index (Phi) is 7.64. The third kappa shape index (κ3) is 6.33. The average Bonchev–Trinajstić information content (AvgIpc) is 3.47. The van der Waals surface area contributed by atoms with Crippen LogP contribution in [-0.2, 0) is 28.8 Å². The van der Waals surface area contributed by atoms with Crippen LogP contribution in [0, 0.1) is 0 Å². The lowest BCUT2D eigenvalue weighted by molar-refractivity contribution is -0.139. The fourth-order valence-electron chi connectivity index (χ4n) is 4.70. The zero-order valence-electron chi connectivity index (χ0n) is 19.5. The van der Waals surface area contributed by atoms with Gasteiger partial charge in [0.2, 0.25) is 0 Å². The Balaban J connectivity index is 1.40. The molecule has 4 rings (SSSR count). The molecule has 9 heteroatoms. The van der Waals surface area contributed by atoms with Gasteiger partial charge in [-0.3, -0.25) is 4.79 Å². The highest BCUT2D eigenvalue weighted by atomic mass is 19.4. The van der Waals surface area contributed by atoms with E-state index in [-0.39, 0.29) is 31.0 Å². The molecule has 1 atom stereocenters. The van der Waals surface area contributed by atoms with Crippen molar-refractivity contribution in [2.24, 2.45) is 5.16 Å². The van der Waals surface area contributed by atoms with Crippen LogP contribution in [0.3, 0.4) is 0 Å². The van der Waals surface area contributed by atoms with Gasteiger partial charge in [0.25, 0.3) is 0 Å². The summed E-state index contributed by atoms with van der Waals surface area (Å²) in [5.74, 6) is -1.03. The largest absolute Gasteiger partial charge is 0.490 e. The number of hydrogen-bond donors (Lipinski definition) is 2. The number of fused-ring (bicyclic) bond motifs is 1. The van der Waals surface area contributed by atoms with E-state index in [2.05, 4.69) is 10.5 Å². The van der Waals surface area contributed by atoms with E-state index < -0.39 is 17.7 Å². The summed E-state index contributed by atoms with van der Waals surface area (Å²) < 4.78 is 46.5. The van der Waals surface area contributed by atoms with E-state index in [1.807, 2.05) is 18.2 Å². The number of carbonyl (C=O) groups is 1. The van der Waals surface area contributed by atoms with Gasteiger partial charge in [0.15, 0.2) is 0 Å². The number of oxime groups is 1. The van der Waals surface area contributed by atoms with Crippen molar-refractivity contribution in [3.05, 3.63) is 64.2 Å². The van der Waals surface area contributed by atoms with Crippen LogP contribution in [-0.4, -0.2) is 29.4 Å². The summed E-state index contributed by atoms with van der Waals surface area (Å²) in [6.45, 7) is 1.58. The van der Waals surface area contributed by atoms with Gasteiger partial charge in [-0.15, -0.1) is 0 Å². The van der Waals surface area contributed by atoms with E-state index >= 15 is 0 Å². The SMILES string of the molecule is C/C(=N\OCc1ccc(OC2CCCC2)c(C(F)(F)F)c1)c1ccc2c(c1)CCC2NCC(=O)O. The van der Waals surface area contributed by atoms with E-state index in [1.54, 1.807) is 13.0 Å². The molecule has 0 aliphatic heterocycles. The second-order valence-corrected chi connectivity index (χ2v) is 9.08. The number of carboxylic acid groups (broad SMARTS) is 1. The molecule has 0 radical (unpaired) electrons. The molecule has 35 heavy (non-hydrogen) atoms. The fourth-order valence-corrected chi connectivity index (χ4v) is 4.70. The molecule has 0 bridgehead atoms. The number of benzene rings is 2. The van der Waals surface area contributed by atoms with E-state index in [0.29, 0.717) is 11.3 Å². The Morgan fingerprint density at radius 3 is 2.63 bits per heavy atom. The quantitative estimate of drug-likeness (QED) is 0.352. The van der Waals surface area contributed by atoms with Crippen LogP contribution in [0.4, 0.5) is 13.2 Å². The average molecular weight is 491 g/mol. The number of rotatable bonds is 9. The predicted octanol–water partition coefficient (Wildman–Crippen LogP) is 5.63. The van der Waals surface area contributed by atoms with Crippen molar-refractivity contribution in [2.45, 2.75) is 70.4 Å². The van der Waals surface area contributed by atoms with Crippen LogP contribution < -0.4 is 10.1 Å². The van der Waals surface area contributed by atoms with Crippen molar-refractivity contribution in [2.75, 3.05) is 6.54 Å². The first kappa shape index (κ1) is 25.0. The van der Waals surface area contributed by atoms with Gasteiger partial charge in [-0.1, -0.05) is 23.4 Å². The summed E-state index contributed by atoms with van der Waals surface area (Å²) in [7, 11) is 0. The molecule has 2 aromatic rings. The molecule has 0 amide bonds. The Hall–Kier alpha value is -3.07. The summed E-state index contributed by atoms with van der Waals surface area (Å²) in [5, 5.41) is 16.0. The molecule has 0 saturated heterocycles. The number of aryl methyl sites for hydroxylation is 1. The lowest BCUT2D eigenvalue weighted by atomic mass is 10.0. The Morgan fingerprint density at radius 2 is 1.91 bits per heavy atom. The van der Waals surface area contributed by atoms with E-state index in [0.717, 1.165) is 61.3 Å². The molecule has 6 nitrogen and oxygen atoms in total. The van der Waals surface area contributed by atoms with Crippen LogP contribution in [0.1, 0.15) is 72.9 Å². The van der Waals surface area contributed by atoms with Gasteiger partial charge in [0.1, 0.15) is 12.4 Å². The molecule has 0 heterocycles. The highest BCUT2D eigenvalue weighted by Gasteiger charge is 2.35. The van der Waals surface area contributed by atoms with Gasteiger partial charge >= 0.3 is 12.1 Å². The number of alkyl halides is 3. The molecular formula is C26H29F3N2O4. The molecule has 2 aromatic carbocycles. The smallest absolute Gasteiger partial charge is 0.419 e. The van der Waals surface area contributed by atoms with Gasteiger partial charge in [0, 0.05) is 6.04 Å². The van der Waals surface area contributed by atoms with Crippen molar-refractivity contribution >= 4 is 11.7 Å². The van der Waals surface area contributed by atoms with Gasteiger partial charge in [-0.25, -0.2) is 0 Å². The van der Waals surface area contributed by atoms with Crippen LogP contribution in [0.15, 0.2) is 41.6 Å². The summed E-state index contributed by atoms with van der Waals surface area (Å²) in [6.07, 6.45) is 0.455. The second-order valence-electron chi connectivity index (χ2n) is 9.08. The number of nitrogens with one attached hydrogen (secondary N) is 1. The van der Waals surface area contributed by atoms with Gasteiger partial charge < -0.3 is 20.0 Å². The standard InChI is InChI=1S/C26H29F3N2O4/c1-16(18-7-9-21-19(13-18)8-10-23(21)30-14-25(32)33)31-34-15-17-6-11-24(22(12-17)26(27,28)29)35-20-4-2-3-5-20/h6-7,9,11-13,20,23,30H,2-5,8,10,14-15H2,1H3,(H,32,33)/b31-16+. The van der Waals surface area contributed by atoms with Crippen LogP contribution in [0.25, 0.3) is 0 Å². The zero-order chi connectivity index (χ0) is 25.0. The third-order valence-electron chi connectivity index (χ3n) is 6.52. The molecule has 1 fully saturated rings. The zero-order valence-corrected chi connectivity index (χ0v) is 19.5. The van der Waals surface area contributed by atoms with Crippen LogP contribution in [0.5, 0.6) is 5.75 Å². The summed E-state index contributed by atoms with van der Waals surface area (Å²) in [5.41, 5.74) is 3.20. The second kappa shape index (κ2) is 10.7. The number of aliphatic carboxylic acids is 1. The first-order valence-electron chi connectivity index (χ1n) is 11.8. The fraction of sp³-hybridized carbons (Fsp3) is 0.462. The summed E-state index contributed by atoms with van der Waals surface area (Å²) >= 11 is 0. The Labute approximate surface area is 202 Å². The first-order chi connectivity index (χ1) is 16.7. The molecule has 188 valence electrons. The molecule has 2 aliphatic rings. The molecule has 0 aromatic heterocycles. The van der Waals surface area contributed by atoms with Crippen molar-refractivity contribution in [3.8, 4) is 5.75 Å². The Morgan fingerprint density at radius 1 is 1.14 bits per heavy atom. The Bertz CT molecular complexity index is 1090. The topological polar surface area (TPSA) is 80.2 Å². The maximum absolute atomic E-state index is 13.6. The molecule has 2 aliphatic carbocycles. The summed E-state index contributed by atoms with van der Waals surface area (Å²) in [6, 6.07) is 9.85. The minimum absolute atomic E-state index is 0.00657. The lowest BCUT2D eigenvalue weighted by Crippen LogP contribution is -2.25. The third-order valence-corrected chi connectivity index (χ3v) is 6.52. The van der Waals surface area contributed by atoms with E-state index in [9.17, 15) is 18.0 Å². The summed E-state index contributed by atoms with van der Waals surface area (Å²) in [4.78, 5) is 16.2. The molecule has 1 saturated carbocycles. The van der Waals surface area contributed by atoms with E-state index in [1.165, 1.54) is 6.07 Å². The predicted molar refractivity (Wildman–Crippen MR) is 124 cm³/mol. The van der Waals surface area contributed by atoms with E-state index in [4.69, 9.17) is 14.7 Å². The van der Waals surface area contributed by atoms with Gasteiger partial charge in [0.05, 0.1) is 23.9 Å². The van der Waals surface area contributed by atoms with Gasteiger partial charge in [-0.05, 0) is 85.9 Å². The molecule has 0 spiro atoms. The lowest BCUT2D eigenvalue weighted by Gasteiger charge is -2.18. The molecule has 2 N–H and O–H groups in total. The normalized spacial score (nSPS) is 18.5. The first-order valence-corrected chi connectivity index (χ1v) is 11.8. The minimum Gasteiger partial charge on any atom is -0.490 e. The number of hydrogen-bond acceptors (Lipinski definition) is 5. The maximum Gasteiger partial charge on any atom is 0.419 e. The van der Waals surface area contributed by atoms with Crippen molar-refractivity contribution in [1.29, 1.82) is 0 Å². The molecule has 1 unspecified atom stereocenters. The number of halogens is 3.